The molecule has 12 heavy (non-hydrogen) atoms. The largest absolute Gasteiger partial charge is 0.361 e. The summed E-state index contributed by atoms with van der Waals surface area (Å²) in [5, 5.41) is 0. The Kier molecular flexibility index (Phi) is 2.36. The van der Waals surface area contributed by atoms with Gasteiger partial charge in [-0.05, 0) is 13.8 Å². The first-order valence-corrected chi connectivity index (χ1v) is 3.74. The lowest BCUT2D eigenvalue weighted by atomic mass is 9.90. The molecule has 0 saturated carbocycles. The normalized spacial score (nSPS) is 21.7. The number of nitrogens with zero attached hydrogens (tertiary/aromatic N) is 2. The van der Waals surface area contributed by atoms with Crippen LogP contribution in [0, 0.1) is 5.92 Å². The Labute approximate surface area is 71.0 Å². The lowest BCUT2D eigenvalue weighted by Crippen LogP contribution is -2.23. The number of rotatable bonds is 1. The van der Waals surface area contributed by atoms with Crippen LogP contribution in [-0.2, 0) is 4.79 Å². The molecule has 0 N–H and O–H groups in total. The number of Topliss-reactive ketones (excluding diaryl/α,β-unsaturated/α-hetero) is 1. The van der Waals surface area contributed by atoms with E-state index in [-0.39, 0.29) is 11.7 Å². The molecule has 0 saturated heterocycles. The average Bonchev–Trinajstić information content (AvgIpc) is 2.03. The molecule has 62 valence electrons. The second kappa shape index (κ2) is 3.28. The number of hydrogen-bond donors (Lipinski definition) is 0. The van der Waals surface area contributed by atoms with E-state index in [0.717, 1.165) is 5.57 Å². The highest BCUT2D eigenvalue weighted by Crippen LogP contribution is 2.14. The highest BCUT2D eigenvalue weighted by atomic mass is 16.1. The predicted molar refractivity (Wildman–Crippen MR) is 45.7 cm³/mol. The summed E-state index contributed by atoms with van der Waals surface area (Å²) >= 11 is 0. The smallest absolute Gasteiger partial charge is 0.309 e. The topological polar surface area (TPSA) is 53.5 Å². The standard InChI is InChI=1S/C9H10N2O/c1-6-4-3-5-8(7(2)12)9(6)11-10/h3-5,8H,1-2H3. The lowest BCUT2D eigenvalue weighted by molar-refractivity contribution is -0.118. The monoisotopic (exact) mass is 162 g/mol. The van der Waals surface area contributed by atoms with E-state index in [1.807, 2.05) is 13.0 Å². The molecule has 3 heteroatoms. The molecule has 0 bridgehead atoms. The molecule has 0 aromatic rings. The summed E-state index contributed by atoms with van der Waals surface area (Å²) in [5.74, 6) is -0.383. The molecule has 0 aliphatic heterocycles. The Hall–Kier alpha value is -1.47. The molecule has 0 spiro atoms. The number of allylic oxidation sites excluding steroid dienone is 4. The van der Waals surface area contributed by atoms with Crippen LogP contribution in [0.1, 0.15) is 13.8 Å². The zero-order valence-corrected chi connectivity index (χ0v) is 7.11. The van der Waals surface area contributed by atoms with Crippen molar-refractivity contribution in [2.45, 2.75) is 13.8 Å². The van der Waals surface area contributed by atoms with Crippen molar-refractivity contribution in [2.24, 2.45) is 5.92 Å². The second-order valence-electron chi connectivity index (χ2n) is 2.81. The Bertz CT molecular complexity index is 319. The lowest BCUT2D eigenvalue weighted by Gasteiger charge is -2.07. The van der Waals surface area contributed by atoms with Gasteiger partial charge in [-0.2, -0.15) is 4.79 Å². The van der Waals surface area contributed by atoms with Crippen molar-refractivity contribution in [1.29, 1.82) is 0 Å². The average molecular weight is 162 g/mol. The van der Waals surface area contributed by atoms with E-state index in [0.29, 0.717) is 5.71 Å². The first-order valence-electron chi connectivity index (χ1n) is 3.74. The van der Waals surface area contributed by atoms with Gasteiger partial charge in [-0.25, -0.2) is 0 Å². The molecule has 1 aliphatic rings. The van der Waals surface area contributed by atoms with Crippen molar-refractivity contribution in [3.05, 3.63) is 29.3 Å². The van der Waals surface area contributed by atoms with Gasteiger partial charge < -0.3 is 5.53 Å². The van der Waals surface area contributed by atoms with Gasteiger partial charge in [0.1, 0.15) is 11.7 Å². The number of carbonyl (C=O) groups is 1. The van der Waals surface area contributed by atoms with E-state index in [9.17, 15) is 4.79 Å². The van der Waals surface area contributed by atoms with Crippen LogP contribution in [-0.4, -0.2) is 16.3 Å². The predicted octanol–water partition coefficient (Wildman–Crippen LogP) is 1.38. The molecule has 1 rings (SSSR count). The summed E-state index contributed by atoms with van der Waals surface area (Å²) < 4.78 is 0. The summed E-state index contributed by atoms with van der Waals surface area (Å²) in [6.45, 7) is 3.30. The summed E-state index contributed by atoms with van der Waals surface area (Å²) in [6, 6.07) is 0. The third-order valence-electron chi connectivity index (χ3n) is 1.89. The van der Waals surface area contributed by atoms with Crippen LogP contribution in [0.3, 0.4) is 0 Å². The van der Waals surface area contributed by atoms with E-state index in [4.69, 9.17) is 5.53 Å². The van der Waals surface area contributed by atoms with Crippen LogP contribution in [0.25, 0.3) is 5.53 Å². The van der Waals surface area contributed by atoms with E-state index >= 15 is 0 Å². The van der Waals surface area contributed by atoms with Crippen molar-refractivity contribution >= 4 is 11.5 Å². The Balaban J connectivity index is 3.09. The van der Waals surface area contributed by atoms with E-state index in [2.05, 4.69) is 4.79 Å². The van der Waals surface area contributed by atoms with E-state index in [1.54, 1.807) is 12.2 Å². The minimum absolute atomic E-state index is 0.00787. The molecule has 3 nitrogen and oxygen atoms in total. The maximum Gasteiger partial charge on any atom is 0.309 e. The molecule has 0 radical (unpaired) electrons. The maximum absolute atomic E-state index is 11.0. The minimum Gasteiger partial charge on any atom is -0.361 e. The highest BCUT2D eigenvalue weighted by Gasteiger charge is 2.28. The third-order valence-corrected chi connectivity index (χ3v) is 1.89. The number of hydrogen-bond acceptors (Lipinski definition) is 1. The van der Waals surface area contributed by atoms with Gasteiger partial charge in [-0.3, -0.25) is 4.79 Å². The van der Waals surface area contributed by atoms with Gasteiger partial charge in [0.15, 0.2) is 0 Å². The van der Waals surface area contributed by atoms with Gasteiger partial charge >= 0.3 is 5.71 Å². The first kappa shape index (κ1) is 8.62. The fourth-order valence-corrected chi connectivity index (χ4v) is 1.20. The van der Waals surface area contributed by atoms with Crippen molar-refractivity contribution in [1.82, 2.24) is 0 Å². The molecule has 0 fully saturated rings. The molecule has 1 atom stereocenters. The number of ketones is 1. The maximum atomic E-state index is 11.0. The van der Waals surface area contributed by atoms with Gasteiger partial charge in [0.2, 0.25) is 0 Å². The Morgan fingerprint density at radius 1 is 1.67 bits per heavy atom. The van der Waals surface area contributed by atoms with Crippen LogP contribution in [0.5, 0.6) is 0 Å². The van der Waals surface area contributed by atoms with Gasteiger partial charge in [0.25, 0.3) is 0 Å². The van der Waals surface area contributed by atoms with Crippen LogP contribution < -0.4 is 0 Å². The summed E-state index contributed by atoms with van der Waals surface area (Å²) in [4.78, 5) is 14.2. The molecule has 0 aromatic carbocycles. The van der Waals surface area contributed by atoms with Crippen molar-refractivity contribution in [2.75, 3.05) is 0 Å². The quantitative estimate of drug-likeness (QED) is 0.424. The molecular formula is C9H10N2O. The van der Waals surface area contributed by atoms with Crippen LogP contribution in [0.4, 0.5) is 0 Å². The highest BCUT2D eigenvalue weighted by molar-refractivity contribution is 6.12. The summed E-state index contributed by atoms with van der Waals surface area (Å²) in [7, 11) is 0. The van der Waals surface area contributed by atoms with E-state index < -0.39 is 0 Å². The zero-order valence-electron chi connectivity index (χ0n) is 7.11. The SMILES string of the molecule is CC(=O)C1C=CC=C(C)C1=[N+]=[N-]. The van der Waals surface area contributed by atoms with Gasteiger partial charge in [-0.1, -0.05) is 18.2 Å². The minimum atomic E-state index is -0.375. The zero-order chi connectivity index (χ0) is 9.14. The van der Waals surface area contributed by atoms with Gasteiger partial charge in [0, 0.05) is 5.57 Å². The first-order chi connectivity index (χ1) is 5.66. The molecule has 0 heterocycles. The van der Waals surface area contributed by atoms with Gasteiger partial charge in [-0.15, -0.1) is 0 Å². The molecule has 0 amide bonds. The summed E-state index contributed by atoms with van der Waals surface area (Å²) in [6.07, 6.45) is 5.34. The fourth-order valence-electron chi connectivity index (χ4n) is 1.20. The van der Waals surface area contributed by atoms with Crippen LogP contribution in [0.2, 0.25) is 0 Å². The molecular weight excluding hydrogens is 152 g/mol. The van der Waals surface area contributed by atoms with Crippen LogP contribution >= 0.6 is 0 Å². The van der Waals surface area contributed by atoms with Crippen LogP contribution in [0.15, 0.2) is 23.8 Å². The third kappa shape index (κ3) is 1.41. The van der Waals surface area contributed by atoms with Crippen molar-refractivity contribution in [3.63, 3.8) is 0 Å². The Morgan fingerprint density at radius 2 is 2.33 bits per heavy atom. The molecule has 0 aromatic heterocycles. The van der Waals surface area contributed by atoms with Crippen molar-refractivity contribution in [3.8, 4) is 0 Å². The van der Waals surface area contributed by atoms with E-state index in [1.165, 1.54) is 6.92 Å². The Morgan fingerprint density at radius 3 is 2.75 bits per heavy atom. The molecule has 1 aliphatic carbocycles. The number of carbonyl (C=O) groups excluding carboxylic acids is 1. The fraction of sp³-hybridized carbons (Fsp3) is 0.333. The summed E-state index contributed by atoms with van der Waals surface area (Å²) in [5.41, 5.74) is 9.92. The van der Waals surface area contributed by atoms with Gasteiger partial charge in [0.05, 0.1) is 0 Å². The molecule has 1 unspecified atom stereocenters. The second-order valence-corrected chi connectivity index (χ2v) is 2.81. The van der Waals surface area contributed by atoms with Crippen molar-refractivity contribution < 1.29 is 9.58 Å².